The van der Waals surface area contributed by atoms with Gasteiger partial charge in [-0.2, -0.15) is 0 Å². The van der Waals surface area contributed by atoms with Gasteiger partial charge in [0.2, 0.25) is 0 Å². The monoisotopic (exact) mass is 135 g/mol. The molecule has 3 heteroatoms. The smallest absolute Gasteiger partial charge is 0.138 e. The number of rotatable bonds is 1. The van der Waals surface area contributed by atoms with Crippen molar-refractivity contribution in [2.45, 2.75) is 0 Å². The van der Waals surface area contributed by atoms with Crippen LogP contribution in [0.3, 0.4) is 0 Å². The predicted molar refractivity (Wildman–Crippen MR) is 43.3 cm³/mol. The van der Waals surface area contributed by atoms with Crippen LogP contribution in [0.25, 0.3) is 0 Å². The van der Waals surface area contributed by atoms with Crippen LogP contribution >= 0.6 is 0 Å². The van der Waals surface area contributed by atoms with Crippen molar-refractivity contribution in [1.82, 2.24) is 5.32 Å². The van der Waals surface area contributed by atoms with Crippen LogP contribution in [0.15, 0.2) is 34.4 Å². The molecule has 0 unspecified atom stereocenters. The minimum Gasteiger partial charge on any atom is -0.346 e. The van der Waals surface area contributed by atoms with E-state index in [2.05, 4.69) is 21.9 Å². The van der Waals surface area contributed by atoms with E-state index in [1.807, 2.05) is 6.08 Å². The highest BCUT2D eigenvalue weighted by Crippen LogP contribution is 2.00. The number of hydrogen-bond acceptors (Lipinski definition) is 1. The molecule has 0 fully saturated rings. The molecule has 0 spiro atoms. The van der Waals surface area contributed by atoms with Crippen molar-refractivity contribution in [3.63, 3.8) is 0 Å². The van der Waals surface area contributed by atoms with Gasteiger partial charge in [0.15, 0.2) is 0 Å². The largest absolute Gasteiger partial charge is 0.346 e. The SMILES string of the molecule is C=C1C=CNC1=NC=NC. The number of nitrogens with one attached hydrogen (secondary N) is 1. The fourth-order valence-electron chi connectivity index (χ4n) is 0.628. The van der Waals surface area contributed by atoms with Gasteiger partial charge in [0.25, 0.3) is 0 Å². The van der Waals surface area contributed by atoms with Crippen LogP contribution in [0.4, 0.5) is 0 Å². The molecule has 1 aliphatic heterocycles. The van der Waals surface area contributed by atoms with Crippen LogP contribution in [-0.4, -0.2) is 19.2 Å². The molecule has 0 aromatic rings. The molecule has 1 aliphatic rings. The molecule has 0 amide bonds. The molecule has 0 saturated heterocycles. The van der Waals surface area contributed by atoms with Crippen LogP contribution in [-0.2, 0) is 0 Å². The molecule has 0 aromatic carbocycles. The summed E-state index contributed by atoms with van der Waals surface area (Å²) in [5, 5.41) is 2.92. The Hall–Kier alpha value is -1.38. The second-order valence-electron chi connectivity index (χ2n) is 1.85. The van der Waals surface area contributed by atoms with Gasteiger partial charge in [-0.05, 0) is 6.08 Å². The third kappa shape index (κ3) is 1.31. The lowest BCUT2D eigenvalue weighted by atomic mass is 10.3. The maximum atomic E-state index is 3.97. The summed E-state index contributed by atoms with van der Waals surface area (Å²) in [7, 11) is 1.68. The number of amidine groups is 1. The lowest BCUT2D eigenvalue weighted by Gasteiger charge is -1.93. The van der Waals surface area contributed by atoms with E-state index in [9.17, 15) is 0 Å². The molecule has 1 N–H and O–H groups in total. The average Bonchev–Trinajstić information content (AvgIpc) is 2.31. The standard InChI is InChI=1S/C7H9N3/c1-6-3-4-9-7(6)10-5-8-2/h3-5H,1H2,2H3,(H,8,9,10). The fourth-order valence-corrected chi connectivity index (χ4v) is 0.628. The molecule has 52 valence electrons. The van der Waals surface area contributed by atoms with Gasteiger partial charge >= 0.3 is 0 Å². The number of aliphatic imine (C=N–C) groups is 2. The van der Waals surface area contributed by atoms with Gasteiger partial charge in [-0.25, -0.2) is 4.99 Å². The zero-order valence-electron chi connectivity index (χ0n) is 5.83. The molecule has 0 saturated carbocycles. The van der Waals surface area contributed by atoms with Crippen LogP contribution in [0.2, 0.25) is 0 Å². The number of nitrogens with zero attached hydrogens (tertiary/aromatic N) is 2. The second kappa shape index (κ2) is 2.96. The molecule has 0 radical (unpaired) electrons. The van der Waals surface area contributed by atoms with Crippen LogP contribution in [0.5, 0.6) is 0 Å². The topological polar surface area (TPSA) is 36.8 Å². The first-order valence-corrected chi connectivity index (χ1v) is 2.95. The van der Waals surface area contributed by atoms with E-state index in [4.69, 9.17) is 0 Å². The zero-order chi connectivity index (χ0) is 7.40. The van der Waals surface area contributed by atoms with Crippen molar-refractivity contribution in [3.8, 4) is 0 Å². The molecular weight excluding hydrogens is 126 g/mol. The summed E-state index contributed by atoms with van der Waals surface area (Å²) < 4.78 is 0. The zero-order valence-corrected chi connectivity index (χ0v) is 5.83. The van der Waals surface area contributed by atoms with Crippen LogP contribution in [0.1, 0.15) is 0 Å². The summed E-state index contributed by atoms with van der Waals surface area (Å²) in [5.74, 6) is 0.769. The molecular formula is C7H9N3. The van der Waals surface area contributed by atoms with E-state index in [0.29, 0.717) is 0 Å². The van der Waals surface area contributed by atoms with Crippen LogP contribution in [0, 0.1) is 0 Å². The van der Waals surface area contributed by atoms with E-state index in [1.54, 1.807) is 13.2 Å². The molecule has 0 atom stereocenters. The molecule has 1 rings (SSSR count). The van der Waals surface area contributed by atoms with E-state index in [1.165, 1.54) is 6.34 Å². The first-order chi connectivity index (χ1) is 4.84. The van der Waals surface area contributed by atoms with Crippen molar-refractivity contribution >= 4 is 12.2 Å². The Bertz CT molecular complexity index is 223. The van der Waals surface area contributed by atoms with Crippen molar-refractivity contribution in [3.05, 3.63) is 24.4 Å². The Kier molecular flexibility index (Phi) is 1.99. The van der Waals surface area contributed by atoms with Crippen molar-refractivity contribution in [2.24, 2.45) is 9.98 Å². The summed E-state index contributed by atoms with van der Waals surface area (Å²) in [6, 6.07) is 0. The second-order valence-corrected chi connectivity index (χ2v) is 1.85. The first kappa shape index (κ1) is 6.74. The summed E-state index contributed by atoms with van der Waals surface area (Å²) in [4.78, 5) is 7.69. The van der Waals surface area contributed by atoms with Crippen molar-refractivity contribution in [1.29, 1.82) is 0 Å². The Morgan fingerprint density at radius 3 is 3.00 bits per heavy atom. The number of hydrogen-bond donors (Lipinski definition) is 1. The Morgan fingerprint density at radius 1 is 1.70 bits per heavy atom. The summed E-state index contributed by atoms with van der Waals surface area (Å²) in [6.07, 6.45) is 5.15. The minimum atomic E-state index is 0.769. The summed E-state index contributed by atoms with van der Waals surface area (Å²) >= 11 is 0. The molecule has 3 nitrogen and oxygen atoms in total. The highest BCUT2D eigenvalue weighted by atomic mass is 15.0. The molecule has 10 heavy (non-hydrogen) atoms. The molecule has 0 bridgehead atoms. The van der Waals surface area contributed by atoms with E-state index in [-0.39, 0.29) is 0 Å². The average molecular weight is 135 g/mol. The summed E-state index contributed by atoms with van der Waals surface area (Å²) in [5.41, 5.74) is 0.889. The quantitative estimate of drug-likeness (QED) is 0.417. The van der Waals surface area contributed by atoms with Gasteiger partial charge in [-0.3, -0.25) is 4.99 Å². The highest BCUT2D eigenvalue weighted by molar-refractivity contribution is 6.06. The van der Waals surface area contributed by atoms with Gasteiger partial charge < -0.3 is 5.32 Å². The van der Waals surface area contributed by atoms with E-state index in [0.717, 1.165) is 11.4 Å². The lowest BCUT2D eigenvalue weighted by Crippen LogP contribution is -2.12. The third-order valence-electron chi connectivity index (χ3n) is 1.11. The van der Waals surface area contributed by atoms with Gasteiger partial charge in [0, 0.05) is 18.8 Å². The minimum absolute atomic E-state index is 0.769. The van der Waals surface area contributed by atoms with Gasteiger partial charge in [0.1, 0.15) is 12.2 Å². The van der Waals surface area contributed by atoms with Crippen LogP contribution < -0.4 is 5.32 Å². The summed E-state index contributed by atoms with van der Waals surface area (Å²) in [6.45, 7) is 3.75. The van der Waals surface area contributed by atoms with Gasteiger partial charge in [0.05, 0.1) is 0 Å². The Balaban J connectivity index is 2.67. The molecule has 1 heterocycles. The predicted octanol–water partition coefficient (Wildman–Crippen LogP) is 0.716. The fraction of sp³-hybridized carbons (Fsp3) is 0.143. The van der Waals surface area contributed by atoms with Crippen molar-refractivity contribution < 1.29 is 0 Å². The van der Waals surface area contributed by atoms with E-state index < -0.39 is 0 Å². The van der Waals surface area contributed by atoms with Crippen molar-refractivity contribution in [2.75, 3.05) is 7.05 Å². The Labute approximate surface area is 59.9 Å². The lowest BCUT2D eigenvalue weighted by molar-refractivity contribution is 1.31. The molecule has 0 aromatic heterocycles. The first-order valence-electron chi connectivity index (χ1n) is 2.95. The Morgan fingerprint density at radius 2 is 2.50 bits per heavy atom. The normalized spacial score (nSPS) is 20.9. The van der Waals surface area contributed by atoms with Gasteiger partial charge in [-0.1, -0.05) is 6.58 Å². The maximum Gasteiger partial charge on any atom is 0.138 e. The third-order valence-corrected chi connectivity index (χ3v) is 1.11. The molecule has 0 aliphatic carbocycles. The van der Waals surface area contributed by atoms with E-state index >= 15 is 0 Å². The van der Waals surface area contributed by atoms with Gasteiger partial charge in [-0.15, -0.1) is 0 Å². The highest BCUT2D eigenvalue weighted by Gasteiger charge is 2.03. The maximum absolute atomic E-state index is 3.97.